The van der Waals surface area contributed by atoms with Crippen molar-refractivity contribution in [1.82, 2.24) is 0 Å². The summed E-state index contributed by atoms with van der Waals surface area (Å²) in [5, 5.41) is 0.920. The van der Waals surface area contributed by atoms with Crippen LogP contribution in [0.3, 0.4) is 0 Å². The van der Waals surface area contributed by atoms with Crippen molar-refractivity contribution in [2.45, 2.75) is 44.8 Å². The second-order valence-corrected chi connectivity index (χ2v) is 6.91. The lowest BCUT2D eigenvalue weighted by Crippen LogP contribution is -2.16. The Morgan fingerprint density at radius 2 is 1.92 bits per heavy atom. The van der Waals surface area contributed by atoms with Gasteiger partial charge in [0.25, 0.3) is 0 Å². The van der Waals surface area contributed by atoms with E-state index >= 15 is 0 Å². The Hall–Kier alpha value is -2.46. The van der Waals surface area contributed by atoms with Crippen LogP contribution in [0, 0.1) is 5.82 Å². The topological polar surface area (TPSA) is 39.4 Å². The first-order valence-corrected chi connectivity index (χ1v) is 9.12. The fourth-order valence-electron chi connectivity index (χ4n) is 3.57. The average molecular weight is 352 g/mol. The fraction of sp³-hybridized carbons (Fsp3) is 0.318. The van der Waals surface area contributed by atoms with Crippen LogP contribution in [0.5, 0.6) is 0 Å². The van der Waals surface area contributed by atoms with E-state index in [1.165, 1.54) is 25.3 Å². The van der Waals surface area contributed by atoms with Gasteiger partial charge in [-0.3, -0.25) is 4.79 Å². The minimum atomic E-state index is -0.463. The largest absolute Gasteiger partial charge is 0.456 e. The number of rotatable bonds is 5. The monoisotopic (exact) mass is 352 g/mol. The Bertz CT molecular complexity index is 922. The molecule has 1 aromatic heterocycles. The molecule has 2 aromatic carbocycles. The number of benzene rings is 2. The molecule has 1 aliphatic rings. The van der Waals surface area contributed by atoms with Crippen molar-refractivity contribution in [3.8, 4) is 11.3 Å². The molecule has 0 aliphatic heterocycles. The second-order valence-electron chi connectivity index (χ2n) is 6.91. The van der Waals surface area contributed by atoms with Crippen LogP contribution in [-0.2, 0) is 11.3 Å². The molecule has 0 amide bonds. The van der Waals surface area contributed by atoms with Gasteiger partial charge in [0.2, 0.25) is 0 Å². The van der Waals surface area contributed by atoms with Crippen LogP contribution >= 0.6 is 0 Å². The van der Waals surface area contributed by atoms with Crippen molar-refractivity contribution in [1.29, 1.82) is 0 Å². The van der Waals surface area contributed by atoms with E-state index in [0.29, 0.717) is 41.5 Å². The van der Waals surface area contributed by atoms with Crippen molar-refractivity contribution >= 4 is 17.3 Å². The van der Waals surface area contributed by atoms with E-state index in [0.717, 1.165) is 23.8 Å². The summed E-state index contributed by atoms with van der Waals surface area (Å²) in [6.07, 6.45) is 7.11. The van der Waals surface area contributed by atoms with E-state index in [4.69, 9.17) is 9.15 Å². The van der Waals surface area contributed by atoms with Gasteiger partial charge in [-0.05, 0) is 48.7 Å². The summed E-state index contributed by atoms with van der Waals surface area (Å²) >= 11 is 0. The zero-order chi connectivity index (χ0) is 17.9. The summed E-state index contributed by atoms with van der Waals surface area (Å²) in [6, 6.07) is 12.1. The molecule has 1 aliphatic carbocycles. The summed E-state index contributed by atoms with van der Waals surface area (Å²) in [4.78, 5) is 10.8. The van der Waals surface area contributed by atoms with Crippen molar-refractivity contribution in [3.63, 3.8) is 0 Å². The maximum Gasteiger partial charge on any atom is 0.150 e. The first-order valence-electron chi connectivity index (χ1n) is 9.12. The predicted molar refractivity (Wildman–Crippen MR) is 98.7 cm³/mol. The normalized spacial score (nSPS) is 15.4. The molecule has 1 saturated carbocycles. The molecular weight excluding hydrogens is 331 g/mol. The summed E-state index contributed by atoms with van der Waals surface area (Å²) in [6.45, 7) is 0.587. The van der Waals surface area contributed by atoms with Crippen LogP contribution in [0.15, 0.2) is 46.9 Å². The number of ether oxygens (including phenoxy) is 1. The molecule has 0 unspecified atom stereocenters. The lowest BCUT2D eigenvalue weighted by molar-refractivity contribution is 0.0169. The lowest BCUT2D eigenvalue weighted by Gasteiger charge is -2.21. The van der Waals surface area contributed by atoms with Crippen molar-refractivity contribution < 1.29 is 18.3 Å². The van der Waals surface area contributed by atoms with Gasteiger partial charge in [-0.15, -0.1) is 0 Å². The number of halogens is 1. The van der Waals surface area contributed by atoms with Crippen LogP contribution in [0.1, 0.15) is 48.0 Å². The number of furan rings is 1. The molecular formula is C22H21FO3. The van der Waals surface area contributed by atoms with Gasteiger partial charge in [0.05, 0.1) is 18.3 Å². The molecule has 3 aromatic rings. The highest BCUT2D eigenvalue weighted by molar-refractivity contribution is 5.84. The zero-order valence-electron chi connectivity index (χ0n) is 14.5. The van der Waals surface area contributed by atoms with E-state index in [1.807, 2.05) is 24.3 Å². The standard InChI is InChI=1S/C22H21FO3/c23-20-11-15(13-24)6-8-19(20)22-12-17-10-16(7-9-21(17)26-22)14-25-18-4-2-1-3-5-18/h6-13,18H,1-5,14H2. The Balaban J connectivity index is 1.54. The minimum absolute atomic E-state index is 0.310. The van der Waals surface area contributed by atoms with E-state index < -0.39 is 5.82 Å². The first-order chi connectivity index (χ1) is 12.7. The summed E-state index contributed by atoms with van der Waals surface area (Å²) in [7, 11) is 0. The van der Waals surface area contributed by atoms with Gasteiger partial charge < -0.3 is 9.15 Å². The molecule has 134 valence electrons. The third-order valence-electron chi connectivity index (χ3n) is 5.01. The molecule has 3 nitrogen and oxygen atoms in total. The van der Waals surface area contributed by atoms with Gasteiger partial charge in [0, 0.05) is 10.9 Å². The Labute approximate surface area is 151 Å². The predicted octanol–water partition coefficient (Wildman–Crippen LogP) is 5.90. The van der Waals surface area contributed by atoms with Crippen molar-refractivity contribution in [2.24, 2.45) is 0 Å². The molecule has 4 heteroatoms. The van der Waals surface area contributed by atoms with E-state index in [-0.39, 0.29) is 0 Å². The quantitative estimate of drug-likeness (QED) is 0.537. The number of carbonyl (C=O) groups is 1. The SMILES string of the molecule is O=Cc1ccc(-c2cc3cc(COC4CCCCC4)ccc3o2)c(F)c1. The molecule has 0 spiro atoms. The molecule has 0 atom stereocenters. The number of fused-ring (bicyclic) bond motifs is 1. The third-order valence-corrected chi connectivity index (χ3v) is 5.01. The summed E-state index contributed by atoms with van der Waals surface area (Å²) in [5.41, 5.74) is 2.46. The molecule has 0 N–H and O–H groups in total. The summed E-state index contributed by atoms with van der Waals surface area (Å²) < 4.78 is 26.0. The van der Waals surface area contributed by atoms with Crippen LogP contribution in [0.25, 0.3) is 22.3 Å². The minimum Gasteiger partial charge on any atom is -0.456 e. The molecule has 1 heterocycles. The number of hydrogen-bond donors (Lipinski definition) is 0. The van der Waals surface area contributed by atoms with Gasteiger partial charge in [0.15, 0.2) is 0 Å². The number of hydrogen-bond acceptors (Lipinski definition) is 3. The second kappa shape index (κ2) is 7.42. The molecule has 0 saturated heterocycles. The van der Waals surface area contributed by atoms with Gasteiger partial charge in [-0.1, -0.05) is 31.4 Å². The fourth-order valence-corrected chi connectivity index (χ4v) is 3.57. The highest BCUT2D eigenvalue weighted by Crippen LogP contribution is 2.31. The zero-order valence-corrected chi connectivity index (χ0v) is 14.5. The van der Waals surface area contributed by atoms with Crippen LogP contribution < -0.4 is 0 Å². The van der Waals surface area contributed by atoms with Gasteiger partial charge >= 0.3 is 0 Å². The smallest absolute Gasteiger partial charge is 0.150 e. The average Bonchev–Trinajstić information content (AvgIpc) is 3.10. The Kier molecular flexibility index (Phi) is 4.85. The van der Waals surface area contributed by atoms with Crippen molar-refractivity contribution in [2.75, 3.05) is 0 Å². The lowest BCUT2D eigenvalue weighted by atomic mass is 9.98. The van der Waals surface area contributed by atoms with Gasteiger partial charge in [0.1, 0.15) is 23.4 Å². The van der Waals surface area contributed by atoms with Crippen LogP contribution in [0.2, 0.25) is 0 Å². The highest BCUT2D eigenvalue weighted by Gasteiger charge is 2.15. The number of aldehydes is 1. The molecule has 26 heavy (non-hydrogen) atoms. The summed E-state index contributed by atoms with van der Waals surface area (Å²) in [5.74, 6) is -0.00481. The van der Waals surface area contributed by atoms with E-state index in [1.54, 1.807) is 12.1 Å². The van der Waals surface area contributed by atoms with Gasteiger partial charge in [-0.2, -0.15) is 0 Å². The first kappa shape index (κ1) is 17.0. The molecule has 4 rings (SSSR count). The van der Waals surface area contributed by atoms with Crippen molar-refractivity contribution in [3.05, 3.63) is 59.4 Å². The maximum absolute atomic E-state index is 14.2. The molecule has 0 radical (unpaired) electrons. The van der Waals surface area contributed by atoms with E-state index in [2.05, 4.69) is 0 Å². The third kappa shape index (κ3) is 3.56. The Morgan fingerprint density at radius 3 is 2.69 bits per heavy atom. The number of carbonyl (C=O) groups excluding carboxylic acids is 1. The van der Waals surface area contributed by atoms with Crippen LogP contribution in [-0.4, -0.2) is 12.4 Å². The van der Waals surface area contributed by atoms with Crippen LogP contribution in [0.4, 0.5) is 4.39 Å². The van der Waals surface area contributed by atoms with E-state index in [9.17, 15) is 9.18 Å². The molecule has 0 bridgehead atoms. The molecule has 1 fully saturated rings. The Morgan fingerprint density at radius 1 is 1.08 bits per heavy atom. The maximum atomic E-state index is 14.2. The van der Waals surface area contributed by atoms with Gasteiger partial charge in [-0.25, -0.2) is 4.39 Å². The highest BCUT2D eigenvalue weighted by atomic mass is 19.1.